The molecule has 2 aromatic heterocycles. The largest absolute Gasteiger partial charge is 0.389 e. The summed E-state index contributed by atoms with van der Waals surface area (Å²) in [7, 11) is 0. The van der Waals surface area contributed by atoms with Crippen LogP contribution >= 0.6 is 11.5 Å². The van der Waals surface area contributed by atoms with Crippen molar-refractivity contribution in [3.05, 3.63) is 11.5 Å². The van der Waals surface area contributed by atoms with Crippen LogP contribution in [0, 0.1) is 12.8 Å². The second kappa shape index (κ2) is 4.35. The molecule has 2 unspecified atom stereocenters. The minimum absolute atomic E-state index is 0.436. The Labute approximate surface area is 110 Å². The summed E-state index contributed by atoms with van der Waals surface area (Å²) in [5.41, 5.74) is 7.54. The van der Waals surface area contributed by atoms with Crippen molar-refractivity contribution in [2.75, 3.05) is 5.73 Å². The van der Waals surface area contributed by atoms with E-state index in [1.807, 2.05) is 6.92 Å². The molecule has 0 amide bonds. The van der Waals surface area contributed by atoms with E-state index in [1.54, 1.807) is 0 Å². The van der Waals surface area contributed by atoms with Gasteiger partial charge in [0.2, 0.25) is 0 Å². The second-order valence-corrected chi connectivity index (χ2v) is 5.89. The second-order valence-electron chi connectivity index (χ2n) is 5.08. The maximum atomic E-state index is 5.89. The van der Waals surface area contributed by atoms with Crippen molar-refractivity contribution in [3.63, 3.8) is 0 Å². The molecule has 3 rings (SSSR count). The summed E-state index contributed by atoms with van der Waals surface area (Å²) in [6.45, 7) is 4.18. The number of rotatable bonds is 2. The van der Waals surface area contributed by atoms with E-state index in [0.29, 0.717) is 16.8 Å². The molecule has 1 fully saturated rings. The van der Waals surface area contributed by atoms with E-state index in [2.05, 4.69) is 21.4 Å². The normalized spacial score (nSPS) is 23.7. The van der Waals surface area contributed by atoms with Gasteiger partial charge in [-0.3, -0.25) is 0 Å². The van der Waals surface area contributed by atoms with Crippen molar-refractivity contribution < 1.29 is 4.52 Å². The van der Waals surface area contributed by atoms with Crippen LogP contribution in [0.15, 0.2) is 4.52 Å². The number of aryl methyl sites for hydroxylation is 1. The topological polar surface area (TPSA) is 77.8 Å². The summed E-state index contributed by atoms with van der Waals surface area (Å²) in [6.07, 6.45) is 3.54. The summed E-state index contributed by atoms with van der Waals surface area (Å²) in [5.74, 6) is 2.52. The van der Waals surface area contributed by atoms with E-state index in [-0.39, 0.29) is 0 Å². The highest BCUT2D eigenvalue weighted by Crippen LogP contribution is 2.38. The minimum Gasteiger partial charge on any atom is -0.389 e. The molecule has 2 N–H and O–H groups in total. The lowest BCUT2D eigenvalue weighted by Crippen LogP contribution is -1.96. The van der Waals surface area contributed by atoms with Gasteiger partial charge in [0.15, 0.2) is 5.82 Å². The van der Waals surface area contributed by atoms with Crippen LogP contribution in [0.25, 0.3) is 11.5 Å². The lowest BCUT2D eigenvalue weighted by Gasteiger charge is -2.01. The van der Waals surface area contributed by atoms with Gasteiger partial charge in [-0.1, -0.05) is 12.1 Å². The fraction of sp³-hybridized carbons (Fsp3) is 0.583. The van der Waals surface area contributed by atoms with Gasteiger partial charge in [-0.15, -0.1) is 0 Å². The van der Waals surface area contributed by atoms with E-state index < -0.39 is 0 Å². The Balaban J connectivity index is 1.90. The standard InChI is InChI=1S/C12H16N4OS/c1-6-3-4-8(5-6)11-14-12(17-15-11)9-7(2)16-18-10(9)13/h6,8H,3-5,13H2,1-2H3. The van der Waals surface area contributed by atoms with Gasteiger partial charge in [0.05, 0.1) is 11.3 Å². The van der Waals surface area contributed by atoms with Crippen LogP contribution in [-0.4, -0.2) is 14.5 Å². The van der Waals surface area contributed by atoms with E-state index in [1.165, 1.54) is 18.0 Å². The number of hydrogen-bond donors (Lipinski definition) is 1. The first-order valence-corrected chi connectivity index (χ1v) is 6.98. The van der Waals surface area contributed by atoms with Crippen LogP contribution < -0.4 is 5.73 Å². The van der Waals surface area contributed by atoms with Crippen LogP contribution in [0.2, 0.25) is 0 Å². The molecule has 0 spiro atoms. The molecule has 1 saturated carbocycles. The molecule has 1 aliphatic carbocycles. The molecule has 5 nitrogen and oxygen atoms in total. The molecule has 0 bridgehead atoms. The highest BCUT2D eigenvalue weighted by atomic mass is 32.1. The van der Waals surface area contributed by atoms with Crippen LogP contribution in [0.5, 0.6) is 0 Å². The Kier molecular flexibility index (Phi) is 2.81. The van der Waals surface area contributed by atoms with Gasteiger partial charge in [-0.05, 0) is 43.6 Å². The van der Waals surface area contributed by atoms with Crippen LogP contribution in [0.3, 0.4) is 0 Å². The number of anilines is 1. The molecule has 0 saturated heterocycles. The lowest BCUT2D eigenvalue weighted by atomic mass is 10.1. The van der Waals surface area contributed by atoms with Crippen LogP contribution in [0.1, 0.15) is 43.6 Å². The smallest absolute Gasteiger partial charge is 0.262 e. The molecule has 0 aliphatic heterocycles. The van der Waals surface area contributed by atoms with Crippen molar-refractivity contribution in [2.24, 2.45) is 5.92 Å². The average Bonchev–Trinajstić information content (AvgIpc) is 3.00. The first-order chi connectivity index (χ1) is 8.65. The molecule has 96 valence electrons. The predicted molar refractivity (Wildman–Crippen MR) is 70.3 cm³/mol. The number of nitrogens with zero attached hydrogens (tertiary/aromatic N) is 3. The molecule has 2 aromatic rings. The molecule has 0 radical (unpaired) electrons. The molecular weight excluding hydrogens is 248 g/mol. The number of aromatic nitrogens is 3. The molecule has 2 heterocycles. The fourth-order valence-electron chi connectivity index (χ4n) is 2.59. The summed E-state index contributed by atoms with van der Waals surface area (Å²) < 4.78 is 9.54. The zero-order chi connectivity index (χ0) is 12.7. The third-order valence-electron chi connectivity index (χ3n) is 3.60. The molecular formula is C12H16N4OS. The predicted octanol–water partition coefficient (Wildman–Crippen LogP) is 2.99. The number of nitrogens with two attached hydrogens (primary N) is 1. The fourth-order valence-corrected chi connectivity index (χ4v) is 3.24. The van der Waals surface area contributed by atoms with Crippen LogP contribution in [-0.2, 0) is 0 Å². The first kappa shape index (κ1) is 11.6. The zero-order valence-corrected chi connectivity index (χ0v) is 11.3. The van der Waals surface area contributed by atoms with Gasteiger partial charge in [0.25, 0.3) is 5.89 Å². The molecule has 18 heavy (non-hydrogen) atoms. The third kappa shape index (κ3) is 1.90. The SMILES string of the molecule is Cc1nsc(N)c1-c1nc(C2CCC(C)C2)no1. The van der Waals surface area contributed by atoms with Crippen molar-refractivity contribution in [1.82, 2.24) is 14.5 Å². The quantitative estimate of drug-likeness (QED) is 0.902. The first-order valence-electron chi connectivity index (χ1n) is 6.21. The molecule has 2 atom stereocenters. The summed E-state index contributed by atoms with van der Waals surface area (Å²) in [4.78, 5) is 4.50. The number of hydrogen-bond acceptors (Lipinski definition) is 6. The molecule has 6 heteroatoms. The van der Waals surface area contributed by atoms with Gasteiger partial charge in [-0.25, -0.2) is 0 Å². The maximum absolute atomic E-state index is 5.89. The third-order valence-corrected chi connectivity index (χ3v) is 4.37. The Morgan fingerprint density at radius 3 is 2.83 bits per heavy atom. The molecule has 1 aliphatic rings. The Hall–Kier alpha value is -1.43. The highest BCUT2D eigenvalue weighted by molar-refractivity contribution is 7.10. The Morgan fingerprint density at radius 1 is 1.39 bits per heavy atom. The monoisotopic (exact) mass is 264 g/mol. The minimum atomic E-state index is 0.436. The Bertz CT molecular complexity index is 543. The van der Waals surface area contributed by atoms with Crippen molar-refractivity contribution in [2.45, 2.75) is 39.0 Å². The van der Waals surface area contributed by atoms with Gasteiger partial charge in [-0.2, -0.15) is 9.36 Å². The zero-order valence-electron chi connectivity index (χ0n) is 10.5. The van der Waals surface area contributed by atoms with Gasteiger partial charge < -0.3 is 10.3 Å². The van der Waals surface area contributed by atoms with Crippen molar-refractivity contribution >= 4 is 16.5 Å². The summed E-state index contributed by atoms with van der Waals surface area (Å²) in [6, 6.07) is 0. The number of nitrogen functional groups attached to an aromatic ring is 1. The van der Waals surface area contributed by atoms with Crippen LogP contribution in [0.4, 0.5) is 5.00 Å². The van der Waals surface area contributed by atoms with E-state index in [0.717, 1.165) is 35.8 Å². The summed E-state index contributed by atoms with van der Waals surface area (Å²) >= 11 is 1.27. The summed E-state index contributed by atoms with van der Waals surface area (Å²) in [5, 5.41) is 4.75. The highest BCUT2D eigenvalue weighted by Gasteiger charge is 2.28. The van der Waals surface area contributed by atoms with E-state index >= 15 is 0 Å². The lowest BCUT2D eigenvalue weighted by molar-refractivity contribution is 0.414. The van der Waals surface area contributed by atoms with Gasteiger partial charge >= 0.3 is 0 Å². The van der Waals surface area contributed by atoms with E-state index in [9.17, 15) is 0 Å². The van der Waals surface area contributed by atoms with E-state index in [4.69, 9.17) is 10.3 Å². The van der Waals surface area contributed by atoms with Crippen molar-refractivity contribution in [3.8, 4) is 11.5 Å². The molecule has 0 aromatic carbocycles. The van der Waals surface area contributed by atoms with Gasteiger partial charge in [0, 0.05) is 5.92 Å². The maximum Gasteiger partial charge on any atom is 0.262 e. The average molecular weight is 264 g/mol. The van der Waals surface area contributed by atoms with Crippen molar-refractivity contribution in [1.29, 1.82) is 0 Å². The van der Waals surface area contributed by atoms with Gasteiger partial charge in [0.1, 0.15) is 5.00 Å². The Morgan fingerprint density at radius 2 is 2.22 bits per heavy atom.